The largest absolute Gasteiger partial charge is 0.514 e. The van der Waals surface area contributed by atoms with Gasteiger partial charge in [0.05, 0.1) is 19.6 Å². The van der Waals surface area contributed by atoms with E-state index in [-0.39, 0.29) is 51.6 Å². The lowest BCUT2D eigenvalue weighted by Crippen LogP contribution is -2.67. The lowest BCUT2D eigenvalue weighted by Gasteiger charge is -2.44. The molecule has 1 N–H and O–H groups in total. The zero-order chi connectivity index (χ0) is 73.4. The highest BCUT2D eigenvalue weighted by Gasteiger charge is 2.44. The second-order valence-electron chi connectivity index (χ2n) is 33.9. The molecule has 0 saturated carbocycles. The zero-order valence-corrected chi connectivity index (χ0v) is 62.8. The first-order valence-corrected chi connectivity index (χ1v) is 33.3. The minimum absolute atomic E-state index is 0.0872. The summed E-state index contributed by atoms with van der Waals surface area (Å²) in [4.78, 5) is 111. The highest BCUT2D eigenvalue weighted by atomic mass is 16.7. The Morgan fingerprint density at radius 2 is 0.562 bits per heavy atom. The van der Waals surface area contributed by atoms with Crippen LogP contribution in [0.3, 0.4) is 0 Å². The van der Waals surface area contributed by atoms with Crippen LogP contribution in [-0.4, -0.2) is 131 Å². The number of urea groups is 2. The van der Waals surface area contributed by atoms with Gasteiger partial charge in [0.25, 0.3) is 0 Å². The van der Waals surface area contributed by atoms with Gasteiger partial charge in [-0.15, -0.1) is 0 Å². The van der Waals surface area contributed by atoms with Crippen molar-refractivity contribution >= 4 is 48.4 Å². The highest BCUT2D eigenvalue weighted by molar-refractivity contribution is 5.96. The maximum absolute atomic E-state index is 14.3. The zero-order valence-electron chi connectivity index (χ0n) is 62.8. The van der Waals surface area contributed by atoms with Gasteiger partial charge < -0.3 is 47.7 Å². The van der Waals surface area contributed by atoms with E-state index in [9.17, 15) is 43.5 Å². The van der Waals surface area contributed by atoms with Gasteiger partial charge >= 0.3 is 48.4 Å². The number of benzene rings is 3. The summed E-state index contributed by atoms with van der Waals surface area (Å²) in [5.41, 5.74) is 1.33. The van der Waals surface area contributed by atoms with Gasteiger partial charge in [0, 0.05) is 52.6 Å². The topological polar surface area (TPSA) is 250 Å². The van der Waals surface area contributed by atoms with Gasteiger partial charge in [0.2, 0.25) is 6.35 Å². The maximum atomic E-state index is 14.3. The molecule has 21 heteroatoms. The van der Waals surface area contributed by atoms with E-state index >= 15 is 0 Å². The Morgan fingerprint density at radius 3 is 0.760 bits per heavy atom. The number of aliphatic hydroxyl groups is 1. The Balaban J connectivity index is 1.57. The van der Waals surface area contributed by atoms with E-state index in [2.05, 4.69) is 0 Å². The van der Waals surface area contributed by atoms with Crippen molar-refractivity contribution in [2.45, 2.75) is 281 Å². The van der Waals surface area contributed by atoms with Crippen LogP contribution in [0.2, 0.25) is 0 Å². The third-order valence-corrected chi connectivity index (χ3v) is 15.2. The molecule has 0 aromatic heterocycles. The van der Waals surface area contributed by atoms with E-state index in [1.54, 1.807) is 62.3 Å². The summed E-state index contributed by atoms with van der Waals surface area (Å²) in [7, 11) is 0. The minimum Gasteiger partial charge on any atom is -0.464 e. The Kier molecular flexibility index (Phi) is 26.1. The highest BCUT2D eigenvalue weighted by Crippen LogP contribution is 2.45. The molecule has 536 valence electrons. The van der Waals surface area contributed by atoms with Crippen LogP contribution in [0.15, 0.2) is 36.4 Å². The summed E-state index contributed by atoms with van der Waals surface area (Å²) in [5.74, 6) is -0.727. The fourth-order valence-electron chi connectivity index (χ4n) is 10.3. The Labute approximate surface area is 571 Å². The lowest BCUT2D eigenvalue weighted by molar-refractivity contribution is -0.148. The molecule has 3 aromatic carbocycles. The van der Waals surface area contributed by atoms with Gasteiger partial charge in [-0.2, -0.15) is 0 Å². The second-order valence-corrected chi connectivity index (χ2v) is 33.9. The normalized spacial score (nSPS) is 14.1. The fourth-order valence-corrected chi connectivity index (χ4v) is 10.3. The molecule has 21 nitrogen and oxygen atoms in total. The SMILES string of the molecule is CC(C)(C)OC(=O)Oc1c(C(C)(C)C)cc(CCC(=O)OCCN2C(=O)N(CCOC(=O)CCc3cc(C(C)(C)C)c(OC(=O)OC(C)(C)C)c(C(C)(C)C)c3)C(O)N(CCOC(=O)CCc3cc(C(C)(C)C)c(OC(=O)OC(C)(C)C)c(C(C)(C)C)c3)C2=O)cc1C(C)(C)C. The molecule has 0 unspecified atom stereocenters. The molecular formula is C75H113N3O18. The molecule has 96 heavy (non-hydrogen) atoms. The van der Waals surface area contributed by atoms with Crippen molar-refractivity contribution in [3.05, 3.63) is 86.5 Å². The molecule has 1 heterocycles. The Bertz CT molecular complexity index is 3040. The first-order chi connectivity index (χ1) is 43.5. The molecule has 0 radical (unpaired) electrons. The van der Waals surface area contributed by atoms with Crippen molar-refractivity contribution in [3.8, 4) is 17.2 Å². The Hall–Kier alpha value is -7.42. The van der Waals surface area contributed by atoms with Crippen LogP contribution < -0.4 is 14.2 Å². The number of esters is 3. The molecule has 3 aromatic rings. The molecule has 1 saturated heterocycles. The summed E-state index contributed by atoms with van der Waals surface area (Å²) >= 11 is 0. The third kappa shape index (κ3) is 24.6. The molecule has 0 atom stereocenters. The number of amides is 4. The van der Waals surface area contributed by atoms with Crippen LogP contribution in [0.5, 0.6) is 17.2 Å². The van der Waals surface area contributed by atoms with Crippen molar-refractivity contribution < 1.29 is 86.1 Å². The summed E-state index contributed by atoms with van der Waals surface area (Å²) in [6.07, 6.45) is -4.01. The quantitative estimate of drug-likeness (QED) is 0.0591. The van der Waals surface area contributed by atoms with Crippen LogP contribution in [0, 0.1) is 0 Å². The van der Waals surface area contributed by atoms with Crippen LogP contribution in [-0.2, 0) is 94.6 Å². The molecule has 0 aliphatic carbocycles. The molecule has 4 amide bonds. The number of nitrogens with zero attached hydrogens (tertiary/aromatic N) is 3. The average Bonchev–Trinajstić information content (AvgIpc) is 0.800. The molecule has 1 aliphatic heterocycles. The average molecular weight is 1340 g/mol. The van der Waals surface area contributed by atoms with Gasteiger partial charge in [-0.1, -0.05) is 161 Å². The van der Waals surface area contributed by atoms with Crippen molar-refractivity contribution in [1.82, 2.24) is 14.7 Å². The summed E-state index contributed by atoms with van der Waals surface area (Å²) in [6, 6.07) is 9.44. The van der Waals surface area contributed by atoms with Gasteiger partial charge in [-0.3, -0.25) is 24.2 Å². The summed E-state index contributed by atoms with van der Waals surface area (Å²) in [5, 5.41) is 11.8. The van der Waals surface area contributed by atoms with Gasteiger partial charge in [0.1, 0.15) is 53.9 Å². The van der Waals surface area contributed by atoms with E-state index in [1.807, 2.05) is 161 Å². The van der Waals surface area contributed by atoms with E-state index in [1.165, 1.54) is 0 Å². The molecule has 1 aliphatic rings. The summed E-state index contributed by atoms with van der Waals surface area (Å²) < 4.78 is 51.4. The van der Waals surface area contributed by atoms with Crippen LogP contribution in [0.4, 0.5) is 24.0 Å². The number of aryl methyl sites for hydroxylation is 3. The van der Waals surface area contributed by atoms with Gasteiger partial charge in [-0.25, -0.2) is 28.9 Å². The van der Waals surface area contributed by atoms with E-state index in [4.69, 9.17) is 42.6 Å². The van der Waals surface area contributed by atoms with Crippen LogP contribution in [0.1, 0.15) is 256 Å². The van der Waals surface area contributed by atoms with Crippen molar-refractivity contribution in [1.29, 1.82) is 0 Å². The molecule has 4 rings (SSSR count). The molecule has 0 spiro atoms. The maximum Gasteiger partial charge on any atom is 0.514 e. The van der Waals surface area contributed by atoms with Crippen LogP contribution in [0.25, 0.3) is 0 Å². The first kappa shape index (κ1) is 81.0. The lowest BCUT2D eigenvalue weighted by atomic mass is 9.78. The van der Waals surface area contributed by atoms with E-state index in [0.29, 0.717) is 17.2 Å². The number of ether oxygens (including phenoxy) is 9. The number of rotatable bonds is 21. The number of hydrogen-bond acceptors (Lipinski definition) is 18. The predicted octanol–water partition coefficient (Wildman–Crippen LogP) is 15.7. The number of hydrogen-bond donors (Lipinski definition) is 1. The number of carbonyl (C=O) groups is 8. The monoisotopic (exact) mass is 1340 g/mol. The third-order valence-electron chi connectivity index (χ3n) is 15.2. The molecule has 0 bridgehead atoms. The fraction of sp³-hybridized carbons (Fsp3) is 0.653. The standard InChI is InChI=1S/C75H113N3O18/c1-67(2,3)49-40-46(41-50(68(4,5)6)58(49)91-64(85)94-73(19,20)21)28-31-55(79)88-37-34-76-61(82)77(35-38-89-56(80)32-29-47-42-51(69(7,8)9)59(52(43-47)70(10,11)12)92-65(86)95-74(22,23)24)63(84)78(62(76)83)36-39-90-57(81)33-30-48-44-53(71(13,14)15)60(54(45-48)72(16,17)18)93-66(87)96-75(25,26)27/h40-45,61,82H,28-39H2,1-27H3. The van der Waals surface area contributed by atoms with Gasteiger partial charge in [-0.05, 0) is 131 Å². The number of imide groups is 1. The first-order valence-electron chi connectivity index (χ1n) is 33.3. The minimum atomic E-state index is -1.90. The Morgan fingerprint density at radius 1 is 0.354 bits per heavy atom. The summed E-state index contributed by atoms with van der Waals surface area (Å²) in [6.45, 7) is 49.1. The van der Waals surface area contributed by atoms with Gasteiger partial charge in [0.15, 0.2) is 0 Å². The van der Waals surface area contributed by atoms with E-state index in [0.717, 1.165) is 64.8 Å². The predicted molar refractivity (Wildman–Crippen MR) is 367 cm³/mol. The smallest absolute Gasteiger partial charge is 0.464 e. The van der Waals surface area contributed by atoms with Crippen molar-refractivity contribution in [2.75, 3.05) is 39.5 Å². The molecule has 1 fully saturated rings. The number of aliphatic hydroxyl groups excluding tert-OH is 1. The second kappa shape index (κ2) is 31.0. The number of carbonyl (C=O) groups excluding carboxylic acids is 8. The van der Waals surface area contributed by atoms with Crippen molar-refractivity contribution in [3.63, 3.8) is 0 Å². The van der Waals surface area contributed by atoms with Crippen molar-refractivity contribution in [2.24, 2.45) is 0 Å². The van der Waals surface area contributed by atoms with E-state index < -0.39 is 130 Å². The van der Waals surface area contributed by atoms with Crippen LogP contribution >= 0.6 is 0 Å². The molecular weight excluding hydrogens is 1230 g/mol.